The zero-order valence-corrected chi connectivity index (χ0v) is 12.4. The second-order valence-corrected chi connectivity index (χ2v) is 4.78. The van der Waals surface area contributed by atoms with Crippen molar-refractivity contribution in [2.75, 3.05) is 14.2 Å². The monoisotopic (exact) mass is 294 g/mol. The SMILES string of the molecule is C=NC(CCc1cc(OC)cc(OC)c1)CC(N)C(=O)O. The lowest BCUT2D eigenvalue weighted by molar-refractivity contribution is -0.138. The van der Waals surface area contributed by atoms with Crippen molar-refractivity contribution in [2.45, 2.75) is 31.3 Å². The Balaban J connectivity index is 2.67. The maximum atomic E-state index is 10.8. The number of methoxy groups -OCH3 is 2. The van der Waals surface area contributed by atoms with Gasteiger partial charge in [0.1, 0.15) is 17.5 Å². The number of ether oxygens (including phenoxy) is 2. The molecule has 0 aliphatic carbocycles. The number of benzene rings is 1. The van der Waals surface area contributed by atoms with E-state index in [4.69, 9.17) is 20.3 Å². The predicted octanol–water partition coefficient (Wildman–Crippen LogP) is 1.51. The average Bonchev–Trinajstić information content (AvgIpc) is 2.50. The number of hydrogen-bond acceptors (Lipinski definition) is 5. The Hall–Kier alpha value is -2.08. The van der Waals surface area contributed by atoms with Gasteiger partial charge in [0.2, 0.25) is 0 Å². The second kappa shape index (κ2) is 8.26. The normalized spacial score (nSPS) is 13.3. The van der Waals surface area contributed by atoms with Crippen LogP contribution in [0.15, 0.2) is 23.2 Å². The van der Waals surface area contributed by atoms with Crippen LogP contribution in [-0.2, 0) is 11.2 Å². The molecule has 2 unspecified atom stereocenters. The summed E-state index contributed by atoms with van der Waals surface area (Å²) in [6.07, 6.45) is 1.66. The Morgan fingerprint density at radius 2 is 1.90 bits per heavy atom. The number of carboxylic acids is 1. The van der Waals surface area contributed by atoms with Gasteiger partial charge in [-0.3, -0.25) is 9.79 Å². The second-order valence-electron chi connectivity index (χ2n) is 4.78. The molecule has 1 rings (SSSR count). The number of aliphatic imine (C=N–C) groups is 1. The lowest BCUT2D eigenvalue weighted by atomic mass is 10.00. The molecule has 0 fully saturated rings. The molecule has 3 N–H and O–H groups in total. The number of nitrogens with two attached hydrogens (primary N) is 1. The highest BCUT2D eigenvalue weighted by atomic mass is 16.5. The molecule has 0 amide bonds. The first-order chi connectivity index (χ1) is 9.99. The first-order valence-electron chi connectivity index (χ1n) is 6.66. The molecular weight excluding hydrogens is 272 g/mol. The highest BCUT2D eigenvalue weighted by molar-refractivity contribution is 5.73. The van der Waals surface area contributed by atoms with Crippen LogP contribution in [0.25, 0.3) is 0 Å². The van der Waals surface area contributed by atoms with Crippen LogP contribution < -0.4 is 15.2 Å². The van der Waals surface area contributed by atoms with E-state index >= 15 is 0 Å². The molecule has 116 valence electrons. The van der Waals surface area contributed by atoms with Crippen LogP contribution in [-0.4, -0.2) is 44.1 Å². The fraction of sp³-hybridized carbons (Fsp3) is 0.467. The minimum Gasteiger partial charge on any atom is -0.497 e. The predicted molar refractivity (Wildman–Crippen MR) is 81.4 cm³/mol. The summed E-state index contributed by atoms with van der Waals surface area (Å²) >= 11 is 0. The van der Waals surface area contributed by atoms with E-state index < -0.39 is 12.0 Å². The molecular formula is C15H22N2O4. The standard InChI is InChI=1S/C15H22N2O4/c1-17-11(8-14(16)15(18)19)5-4-10-6-12(20-2)9-13(7-10)21-3/h6-7,9,11,14H,1,4-5,8,16H2,2-3H3,(H,18,19). The van der Waals surface area contributed by atoms with Gasteiger partial charge in [-0.05, 0) is 43.7 Å². The van der Waals surface area contributed by atoms with Gasteiger partial charge in [-0.2, -0.15) is 0 Å². The molecule has 0 saturated carbocycles. The van der Waals surface area contributed by atoms with Gasteiger partial charge in [-0.15, -0.1) is 0 Å². The Kier molecular flexibility index (Phi) is 6.68. The van der Waals surface area contributed by atoms with Gasteiger partial charge in [-0.25, -0.2) is 0 Å². The van der Waals surface area contributed by atoms with Crippen LogP contribution in [0.3, 0.4) is 0 Å². The van der Waals surface area contributed by atoms with Gasteiger partial charge < -0.3 is 20.3 Å². The molecule has 0 aliphatic heterocycles. The largest absolute Gasteiger partial charge is 0.497 e. The average molecular weight is 294 g/mol. The minimum absolute atomic E-state index is 0.187. The molecule has 1 aromatic rings. The number of carbonyl (C=O) groups is 1. The van der Waals surface area contributed by atoms with Gasteiger partial charge in [-0.1, -0.05) is 0 Å². The smallest absolute Gasteiger partial charge is 0.320 e. The van der Waals surface area contributed by atoms with Crippen molar-refractivity contribution in [3.8, 4) is 11.5 Å². The van der Waals surface area contributed by atoms with Crippen molar-refractivity contribution < 1.29 is 19.4 Å². The lowest BCUT2D eigenvalue weighted by Crippen LogP contribution is -2.33. The molecule has 2 atom stereocenters. The molecule has 6 nitrogen and oxygen atoms in total. The molecule has 0 aromatic heterocycles. The van der Waals surface area contributed by atoms with E-state index in [0.29, 0.717) is 12.8 Å². The van der Waals surface area contributed by atoms with E-state index in [2.05, 4.69) is 11.7 Å². The topological polar surface area (TPSA) is 94.1 Å². The van der Waals surface area contributed by atoms with Gasteiger partial charge in [0.05, 0.1) is 20.3 Å². The Labute approximate surface area is 124 Å². The number of carboxylic acid groups (broad SMARTS) is 1. The first-order valence-corrected chi connectivity index (χ1v) is 6.66. The fourth-order valence-electron chi connectivity index (χ4n) is 2.02. The molecule has 0 spiro atoms. The van der Waals surface area contributed by atoms with Crippen LogP contribution in [0.4, 0.5) is 0 Å². The van der Waals surface area contributed by atoms with Crippen LogP contribution in [0.5, 0.6) is 11.5 Å². The summed E-state index contributed by atoms with van der Waals surface area (Å²) in [6.45, 7) is 3.51. The molecule has 0 aliphatic rings. The first kappa shape index (κ1) is 17.0. The number of aryl methyl sites for hydroxylation is 1. The van der Waals surface area contributed by atoms with E-state index in [-0.39, 0.29) is 12.5 Å². The number of nitrogens with zero attached hydrogens (tertiary/aromatic N) is 1. The summed E-state index contributed by atoms with van der Waals surface area (Å²) in [5.74, 6) is 0.413. The van der Waals surface area contributed by atoms with Crippen molar-refractivity contribution in [3.63, 3.8) is 0 Å². The van der Waals surface area contributed by atoms with Crippen molar-refractivity contribution in [3.05, 3.63) is 23.8 Å². The fourth-order valence-corrected chi connectivity index (χ4v) is 2.02. The van der Waals surface area contributed by atoms with E-state index in [0.717, 1.165) is 17.1 Å². The van der Waals surface area contributed by atoms with E-state index in [1.165, 1.54) is 0 Å². The maximum absolute atomic E-state index is 10.8. The highest BCUT2D eigenvalue weighted by Crippen LogP contribution is 2.24. The maximum Gasteiger partial charge on any atom is 0.320 e. The van der Waals surface area contributed by atoms with Gasteiger partial charge in [0, 0.05) is 6.07 Å². The van der Waals surface area contributed by atoms with E-state index in [9.17, 15) is 4.79 Å². The summed E-state index contributed by atoms with van der Waals surface area (Å²) in [5, 5.41) is 8.83. The summed E-state index contributed by atoms with van der Waals surface area (Å²) in [5.41, 5.74) is 6.56. The lowest BCUT2D eigenvalue weighted by Gasteiger charge is -2.15. The van der Waals surface area contributed by atoms with Crippen molar-refractivity contribution in [1.82, 2.24) is 0 Å². The van der Waals surface area contributed by atoms with E-state index in [1.807, 2.05) is 12.1 Å². The third-order valence-electron chi connectivity index (χ3n) is 3.28. The quantitative estimate of drug-likeness (QED) is 0.673. The van der Waals surface area contributed by atoms with Gasteiger partial charge in [0.15, 0.2) is 0 Å². The Morgan fingerprint density at radius 1 is 1.33 bits per heavy atom. The zero-order valence-electron chi connectivity index (χ0n) is 12.4. The Morgan fingerprint density at radius 3 is 2.33 bits per heavy atom. The highest BCUT2D eigenvalue weighted by Gasteiger charge is 2.17. The molecule has 21 heavy (non-hydrogen) atoms. The molecule has 0 radical (unpaired) electrons. The van der Waals surface area contributed by atoms with E-state index in [1.54, 1.807) is 20.3 Å². The van der Waals surface area contributed by atoms with Gasteiger partial charge >= 0.3 is 5.97 Å². The molecule has 6 heteroatoms. The third-order valence-corrected chi connectivity index (χ3v) is 3.28. The number of aliphatic carboxylic acids is 1. The minimum atomic E-state index is -1.02. The van der Waals surface area contributed by atoms with Crippen molar-refractivity contribution in [2.24, 2.45) is 10.7 Å². The Bertz CT molecular complexity index is 468. The van der Waals surface area contributed by atoms with Gasteiger partial charge in [0.25, 0.3) is 0 Å². The van der Waals surface area contributed by atoms with Crippen LogP contribution in [0.1, 0.15) is 18.4 Å². The molecule has 1 aromatic carbocycles. The molecule has 0 saturated heterocycles. The molecule has 0 bridgehead atoms. The van der Waals surface area contributed by atoms with Crippen LogP contribution >= 0.6 is 0 Å². The molecule has 0 heterocycles. The van der Waals surface area contributed by atoms with Crippen molar-refractivity contribution in [1.29, 1.82) is 0 Å². The summed E-state index contributed by atoms with van der Waals surface area (Å²) in [7, 11) is 3.19. The number of rotatable bonds is 9. The van der Waals surface area contributed by atoms with Crippen molar-refractivity contribution >= 4 is 12.7 Å². The summed E-state index contributed by atoms with van der Waals surface area (Å²) in [4.78, 5) is 14.7. The number of hydrogen-bond donors (Lipinski definition) is 2. The van der Waals surface area contributed by atoms with Crippen LogP contribution in [0.2, 0.25) is 0 Å². The van der Waals surface area contributed by atoms with Crippen LogP contribution in [0, 0.1) is 0 Å². The summed E-state index contributed by atoms with van der Waals surface area (Å²) in [6, 6.07) is 4.53. The third kappa shape index (κ3) is 5.43. The zero-order chi connectivity index (χ0) is 15.8. The summed E-state index contributed by atoms with van der Waals surface area (Å²) < 4.78 is 10.4.